The van der Waals surface area contributed by atoms with Crippen molar-refractivity contribution in [1.29, 1.82) is 0 Å². The molecule has 0 spiro atoms. The molecule has 6 heteroatoms. The van der Waals surface area contributed by atoms with Gasteiger partial charge >= 0.3 is 5.97 Å². The Morgan fingerprint density at radius 2 is 2.06 bits per heavy atom. The zero-order valence-electron chi connectivity index (χ0n) is 10.5. The first-order chi connectivity index (χ1) is 8.42. The van der Waals surface area contributed by atoms with Gasteiger partial charge in [-0.3, -0.25) is 9.59 Å². The summed E-state index contributed by atoms with van der Waals surface area (Å²) < 4.78 is 4.86. The summed E-state index contributed by atoms with van der Waals surface area (Å²) in [5, 5.41) is 12.8. The van der Waals surface area contributed by atoms with E-state index in [1.807, 2.05) is 0 Å². The highest BCUT2D eigenvalue weighted by Crippen LogP contribution is 2.31. The molecule has 0 aliphatic carbocycles. The van der Waals surface area contributed by atoms with Crippen LogP contribution in [-0.4, -0.2) is 40.1 Å². The van der Waals surface area contributed by atoms with Crippen LogP contribution in [0.4, 0.5) is 0 Å². The van der Waals surface area contributed by atoms with Crippen molar-refractivity contribution in [2.45, 2.75) is 26.7 Å². The van der Waals surface area contributed by atoms with Gasteiger partial charge in [0, 0.05) is 19.2 Å². The Balaban J connectivity index is 2.02. The van der Waals surface area contributed by atoms with Crippen molar-refractivity contribution in [1.82, 2.24) is 10.1 Å². The van der Waals surface area contributed by atoms with Crippen LogP contribution in [0.5, 0.6) is 0 Å². The molecule has 0 saturated carbocycles. The number of carbonyl (C=O) groups is 2. The van der Waals surface area contributed by atoms with E-state index in [0.717, 1.165) is 0 Å². The zero-order chi connectivity index (χ0) is 13.3. The quantitative estimate of drug-likeness (QED) is 0.857. The van der Waals surface area contributed by atoms with Gasteiger partial charge in [-0.05, 0) is 26.7 Å². The summed E-state index contributed by atoms with van der Waals surface area (Å²) in [6.07, 6.45) is 0.926. The number of carboxylic acid groups (broad SMARTS) is 1. The zero-order valence-corrected chi connectivity index (χ0v) is 10.5. The first kappa shape index (κ1) is 12.6. The Labute approximate surface area is 105 Å². The standard InChI is InChI=1S/C12H16N2O4/c1-8-7-9(13-18-8)10(15)14-5-3-12(2,4-6-14)11(16)17/h7H,3-6H2,1-2H3,(H,16,17). The number of likely N-dealkylation sites (tertiary alicyclic amines) is 1. The lowest BCUT2D eigenvalue weighted by Crippen LogP contribution is -2.45. The number of carbonyl (C=O) groups excluding carboxylic acids is 1. The first-order valence-corrected chi connectivity index (χ1v) is 5.88. The summed E-state index contributed by atoms with van der Waals surface area (Å²) in [4.78, 5) is 24.8. The molecule has 0 bridgehead atoms. The summed E-state index contributed by atoms with van der Waals surface area (Å²) in [7, 11) is 0. The van der Waals surface area contributed by atoms with Crippen molar-refractivity contribution in [2.75, 3.05) is 13.1 Å². The molecule has 0 unspecified atom stereocenters. The van der Waals surface area contributed by atoms with E-state index in [1.54, 1.807) is 24.8 Å². The van der Waals surface area contributed by atoms with Crippen molar-refractivity contribution < 1.29 is 19.2 Å². The second-order valence-electron chi connectivity index (χ2n) is 4.98. The summed E-state index contributed by atoms with van der Waals surface area (Å²) in [6, 6.07) is 1.59. The Morgan fingerprint density at radius 3 is 2.50 bits per heavy atom. The van der Waals surface area contributed by atoms with Crippen molar-refractivity contribution >= 4 is 11.9 Å². The third-order valence-corrected chi connectivity index (χ3v) is 3.52. The molecule has 1 fully saturated rings. The van der Waals surface area contributed by atoms with Gasteiger partial charge in [0.1, 0.15) is 5.76 Å². The molecule has 0 atom stereocenters. The van der Waals surface area contributed by atoms with Crippen LogP contribution in [0.3, 0.4) is 0 Å². The highest BCUT2D eigenvalue weighted by Gasteiger charge is 2.38. The van der Waals surface area contributed by atoms with E-state index in [2.05, 4.69) is 5.16 Å². The monoisotopic (exact) mass is 252 g/mol. The fraction of sp³-hybridized carbons (Fsp3) is 0.583. The third-order valence-electron chi connectivity index (χ3n) is 3.52. The van der Waals surface area contributed by atoms with Gasteiger partial charge in [-0.15, -0.1) is 0 Å². The number of aromatic nitrogens is 1. The number of hydrogen-bond acceptors (Lipinski definition) is 4. The van der Waals surface area contributed by atoms with Crippen LogP contribution >= 0.6 is 0 Å². The van der Waals surface area contributed by atoms with Gasteiger partial charge < -0.3 is 14.5 Å². The minimum Gasteiger partial charge on any atom is -0.481 e. The third kappa shape index (κ3) is 2.23. The fourth-order valence-electron chi connectivity index (χ4n) is 2.05. The average molecular weight is 252 g/mol. The van der Waals surface area contributed by atoms with Gasteiger partial charge in [0.2, 0.25) is 0 Å². The maximum Gasteiger partial charge on any atom is 0.309 e. The maximum absolute atomic E-state index is 12.0. The van der Waals surface area contributed by atoms with E-state index in [0.29, 0.717) is 31.7 Å². The molecule has 6 nitrogen and oxygen atoms in total. The largest absolute Gasteiger partial charge is 0.481 e. The molecule has 1 aliphatic rings. The smallest absolute Gasteiger partial charge is 0.309 e. The molecule has 1 aromatic rings. The number of aryl methyl sites for hydroxylation is 1. The molecule has 1 N–H and O–H groups in total. The van der Waals surface area contributed by atoms with Crippen LogP contribution < -0.4 is 0 Å². The molecular weight excluding hydrogens is 236 g/mol. The van der Waals surface area contributed by atoms with Gasteiger partial charge in [-0.2, -0.15) is 0 Å². The van der Waals surface area contributed by atoms with E-state index < -0.39 is 11.4 Å². The van der Waals surface area contributed by atoms with Crippen LogP contribution in [-0.2, 0) is 4.79 Å². The lowest BCUT2D eigenvalue weighted by Gasteiger charge is -2.36. The molecule has 1 aliphatic heterocycles. The molecule has 18 heavy (non-hydrogen) atoms. The summed E-state index contributed by atoms with van der Waals surface area (Å²) >= 11 is 0. The van der Waals surface area contributed by atoms with E-state index in [1.165, 1.54) is 0 Å². The predicted molar refractivity (Wildman–Crippen MR) is 62.1 cm³/mol. The molecule has 2 heterocycles. The molecule has 0 aromatic carbocycles. The number of amides is 1. The van der Waals surface area contributed by atoms with E-state index in [-0.39, 0.29) is 11.6 Å². The second-order valence-corrected chi connectivity index (χ2v) is 4.98. The van der Waals surface area contributed by atoms with Crippen LogP contribution in [0, 0.1) is 12.3 Å². The van der Waals surface area contributed by atoms with Crippen LogP contribution in [0.15, 0.2) is 10.6 Å². The summed E-state index contributed by atoms with van der Waals surface area (Å²) in [5.41, 5.74) is -0.442. The number of rotatable bonds is 2. The van der Waals surface area contributed by atoms with Gasteiger partial charge in [0.05, 0.1) is 5.41 Å². The molecule has 98 valence electrons. The van der Waals surface area contributed by atoms with E-state index in [4.69, 9.17) is 9.63 Å². The van der Waals surface area contributed by atoms with Crippen LogP contribution in [0.2, 0.25) is 0 Å². The van der Waals surface area contributed by atoms with Gasteiger partial charge in [-0.25, -0.2) is 0 Å². The lowest BCUT2D eigenvalue weighted by atomic mass is 9.80. The minimum atomic E-state index is -0.799. The Bertz CT molecular complexity index is 472. The molecular formula is C12H16N2O4. The second kappa shape index (κ2) is 4.44. The van der Waals surface area contributed by atoms with Gasteiger partial charge in [-0.1, -0.05) is 5.16 Å². The van der Waals surface area contributed by atoms with Crippen LogP contribution in [0.25, 0.3) is 0 Å². The molecule has 0 radical (unpaired) electrons. The Morgan fingerprint density at radius 1 is 1.44 bits per heavy atom. The Hall–Kier alpha value is -1.85. The lowest BCUT2D eigenvalue weighted by molar-refractivity contribution is -0.150. The number of carboxylic acids is 1. The number of aliphatic carboxylic acids is 1. The maximum atomic E-state index is 12.0. The topological polar surface area (TPSA) is 83.6 Å². The SMILES string of the molecule is Cc1cc(C(=O)N2CCC(C)(C(=O)O)CC2)no1. The van der Waals surface area contributed by atoms with Crippen molar-refractivity contribution in [3.8, 4) is 0 Å². The fourth-order valence-corrected chi connectivity index (χ4v) is 2.05. The highest BCUT2D eigenvalue weighted by atomic mass is 16.5. The minimum absolute atomic E-state index is 0.195. The predicted octanol–water partition coefficient (Wildman–Crippen LogP) is 1.31. The number of piperidine rings is 1. The van der Waals surface area contributed by atoms with Crippen molar-refractivity contribution in [3.05, 3.63) is 17.5 Å². The van der Waals surface area contributed by atoms with E-state index >= 15 is 0 Å². The van der Waals surface area contributed by atoms with E-state index in [9.17, 15) is 9.59 Å². The number of hydrogen-bond donors (Lipinski definition) is 1. The average Bonchev–Trinajstić information content (AvgIpc) is 2.76. The van der Waals surface area contributed by atoms with Gasteiger partial charge in [0.25, 0.3) is 5.91 Å². The first-order valence-electron chi connectivity index (χ1n) is 5.88. The van der Waals surface area contributed by atoms with Crippen molar-refractivity contribution in [3.63, 3.8) is 0 Å². The molecule has 1 saturated heterocycles. The van der Waals surface area contributed by atoms with Gasteiger partial charge in [0.15, 0.2) is 5.69 Å². The normalized spacial score (nSPS) is 18.7. The summed E-state index contributed by atoms with van der Waals surface area (Å²) in [5.74, 6) is -0.406. The molecule has 2 rings (SSSR count). The highest BCUT2D eigenvalue weighted by molar-refractivity contribution is 5.92. The molecule has 1 aromatic heterocycles. The summed E-state index contributed by atoms with van der Waals surface area (Å²) in [6.45, 7) is 4.32. The molecule has 1 amide bonds. The van der Waals surface area contributed by atoms with Crippen molar-refractivity contribution in [2.24, 2.45) is 5.41 Å². The Kier molecular flexibility index (Phi) is 3.11. The number of nitrogens with zero attached hydrogens (tertiary/aromatic N) is 2. The van der Waals surface area contributed by atoms with Crippen LogP contribution in [0.1, 0.15) is 36.0 Å².